The Hall–Kier alpha value is -1.82. The van der Waals surface area contributed by atoms with Crippen LogP contribution in [0.1, 0.15) is 30.1 Å². The van der Waals surface area contributed by atoms with E-state index < -0.39 is 0 Å². The predicted molar refractivity (Wildman–Crippen MR) is 91.3 cm³/mol. The number of piperidine rings is 1. The fourth-order valence-corrected chi connectivity index (χ4v) is 2.85. The molecular weight excluding hydrogens is 298 g/mol. The second-order valence-corrected chi connectivity index (χ2v) is 5.69. The minimum absolute atomic E-state index is 0.0494. The van der Waals surface area contributed by atoms with Gasteiger partial charge in [-0.15, -0.1) is 0 Å². The lowest BCUT2D eigenvalue weighted by Crippen LogP contribution is -2.49. The maximum atomic E-state index is 12.3. The Labute approximate surface area is 137 Å². The highest BCUT2D eigenvalue weighted by molar-refractivity contribution is 7.80. The van der Waals surface area contributed by atoms with Gasteiger partial charge in [0, 0.05) is 31.2 Å². The van der Waals surface area contributed by atoms with Crippen LogP contribution in [0.2, 0.25) is 0 Å². The van der Waals surface area contributed by atoms with Crippen LogP contribution in [-0.4, -0.2) is 48.7 Å². The number of likely N-dealkylation sites (tertiary alicyclic amines) is 1. The molecule has 1 aliphatic rings. The Bertz CT molecular complexity index is 528. The minimum atomic E-state index is -0.0494. The molecule has 0 unspecified atom stereocenters. The fraction of sp³-hybridized carbons (Fsp3) is 0.500. The van der Waals surface area contributed by atoms with Crippen molar-refractivity contribution in [2.45, 2.75) is 25.8 Å². The number of methoxy groups -OCH3 is 1. The van der Waals surface area contributed by atoms with Gasteiger partial charge in [0.1, 0.15) is 5.75 Å². The van der Waals surface area contributed by atoms with Gasteiger partial charge in [0.15, 0.2) is 5.11 Å². The second kappa shape index (κ2) is 7.98. The molecule has 0 aliphatic carbocycles. The Morgan fingerprint density at radius 1 is 1.41 bits per heavy atom. The number of benzene rings is 1. The zero-order chi connectivity index (χ0) is 15.9. The summed E-state index contributed by atoms with van der Waals surface area (Å²) in [6.07, 6.45) is 1.81. The Balaban J connectivity index is 1.85. The number of hydrogen-bond acceptors (Lipinski definition) is 3. The normalized spacial score (nSPS) is 15.3. The molecule has 0 saturated carbocycles. The van der Waals surface area contributed by atoms with Gasteiger partial charge in [-0.3, -0.25) is 4.79 Å². The highest BCUT2D eigenvalue weighted by atomic mass is 32.1. The van der Waals surface area contributed by atoms with Gasteiger partial charge in [-0.05, 0) is 50.2 Å². The molecule has 5 nitrogen and oxygen atoms in total. The molecule has 0 spiro atoms. The molecule has 1 saturated heterocycles. The quantitative estimate of drug-likeness (QED) is 0.828. The van der Waals surface area contributed by atoms with Gasteiger partial charge < -0.3 is 20.3 Å². The lowest BCUT2D eigenvalue weighted by Gasteiger charge is -2.34. The van der Waals surface area contributed by atoms with Crippen LogP contribution in [0.3, 0.4) is 0 Å². The molecule has 2 N–H and O–H groups in total. The van der Waals surface area contributed by atoms with Crippen molar-refractivity contribution in [1.82, 2.24) is 15.5 Å². The SMILES string of the molecule is CCNC(=S)N1CCC(NC(=O)c2cccc(OC)c2)CC1. The van der Waals surface area contributed by atoms with E-state index in [0.717, 1.165) is 37.6 Å². The van der Waals surface area contributed by atoms with Crippen molar-refractivity contribution in [2.75, 3.05) is 26.7 Å². The van der Waals surface area contributed by atoms with Crippen molar-refractivity contribution in [3.8, 4) is 5.75 Å². The third-order valence-corrected chi connectivity index (χ3v) is 4.18. The van der Waals surface area contributed by atoms with Crippen molar-refractivity contribution in [3.63, 3.8) is 0 Å². The van der Waals surface area contributed by atoms with Crippen LogP contribution in [0, 0.1) is 0 Å². The number of rotatable bonds is 4. The first-order valence-corrected chi connectivity index (χ1v) is 8.02. The number of carbonyl (C=O) groups excluding carboxylic acids is 1. The van der Waals surface area contributed by atoms with Crippen molar-refractivity contribution >= 4 is 23.2 Å². The van der Waals surface area contributed by atoms with Gasteiger partial charge in [-0.2, -0.15) is 0 Å². The summed E-state index contributed by atoms with van der Waals surface area (Å²) in [4.78, 5) is 14.4. The fourth-order valence-electron chi connectivity index (χ4n) is 2.52. The summed E-state index contributed by atoms with van der Waals surface area (Å²) in [5.41, 5.74) is 0.630. The van der Waals surface area contributed by atoms with E-state index in [0.29, 0.717) is 11.3 Å². The molecule has 22 heavy (non-hydrogen) atoms. The van der Waals surface area contributed by atoms with Crippen LogP contribution < -0.4 is 15.4 Å². The Morgan fingerprint density at radius 2 is 2.14 bits per heavy atom. The van der Waals surface area contributed by atoms with E-state index in [4.69, 9.17) is 17.0 Å². The summed E-state index contributed by atoms with van der Waals surface area (Å²) in [6, 6.07) is 7.40. The minimum Gasteiger partial charge on any atom is -0.497 e. The number of amides is 1. The summed E-state index contributed by atoms with van der Waals surface area (Å²) in [5, 5.41) is 7.06. The smallest absolute Gasteiger partial charge is 0.251 e. The summed E-state index contributed by atoms with van der Waals surface area (Å²) >= 11 is 5.32. The summed E-state index contributed by atoms with van der Waals surface area (Å²) < 4.78 is 5.15. The van der Waals surface area contributed by atoms with E-state index in [1.54, 1.807) is 19.2 Å². The largest absolute Gasteiger partial charge is 0.497 e. The molecule has 1 amide bonds. The molecule has 1 heterocycles. The molecule has 1 aromatic carbocycles. The van der Waals surface area contributed by atoms with Gasteiger partial charge in [0.05, 0.1) is 7.11 Å². The molecule has 1 aromatic rings. The molecule has 2 rings (SSSR count). The van der Waals surface area contributed by atoms with Crippen LogP contribution >= 0.6 is 12.2 Å². The zero-order valence-electron chi connectivity index (χ0n) is 13.1. The third-order valence-electron chi connectivity index (χ3n) is 3.78. The molecular formula is C16H23N3O2S. The van der Waals surface area contributed by atoms with Gasteiger partial charge in [0.2, 0.25) is 0 Å². The molecule has 0 bridgehead atoms. The molecule has 120 valence electrons. The first-order chi connectivity index (χ1) is 10.6. The number of ether oxygens (including phenoxy) is 1. The van der Waals surface area contributed by atoms with Crippen LogP contribution in [0.25, 0.3) is 0 Å². The van der Waals surface area contributed by atoms with E-state index in [1.165, 1.54) is 0 Å². The standard InChI is InChI=1S/C16H23N3O2S/c1-3-17-16(22)19-9-7-13(8-10-19)18-15(20)12-5-4-6-14(11-12)21-2/h4-6,11,13H,3,7-10H2,1-2H3,(H,17,22)(H,18,20). The topological polar surface area (TPSA) is 53.6 Å². The third kappa shape index (κ3) is 4.34. The van der Waals surface area contributed by atoms with E-state index in [-0.39, 0.29) is 11.9 Å². The van der Waals surface area contributed by atoms with E-state index in [9.17, 15) is 4.79 Å². The zero-order valence-corrected chi connectivity index (χ0v) is 13.9. The molecule has 6 heteroatoms. The maximum absolute atomic E-state index is 12.3. The Morgan fingerprint density at radius 3 is 2.77 bits per heavy atom. The highest BCUT2D eigenvalue weighted by Crippen LogP contribution is 2.15. The molecule has 1 aliphatic heterocycles. The lowest BCUT2D eigenvalue weighted by atomic mass is 10.0. The van der Waals surface area contributed by atoms with Gasteiger partial charge in [-0.25, -0.2) is 0 Å². The number of carbonyl (C=O) groups is 1. The molecule has 0 atom stereocenters. The number of thiocarbonyl (C=S) groups is 1. The van der Waals surface area contributed by atoms with E-state index >= 15 is 0 Å². The van der Waals surface area contributed by atoms with E-state index in [1.807, 2.05) is 19.1 Å². The lowest BCUT2D eigenvalue weighted by molar-refractivity contribution is 0.0922. The van der Waals surface area contributed by atoms with Crippen molar-refractivity contribution in [2.24, 2.45) is 0 Å². The maximum Gasteiger partial charge on any atom is 0.251 e. The molecule has 0 aromatic heterocycles. The predicted octanol–water partition coefficient (Wildman–Crippen LogP) is 1.78. The van der Waals surface area contributed by atoms with Crippen LogP contribution in [0.4, 0.5) is 0 Å². The average molecular weight is 321 g/mol. The Kier molecular flexibility index (Phi) is 6.00. The van der Waals surface area contributed by atoms with Crippen molar-refractivity contribution in [3.05, 3.63) is 29.8 Å². The van der Waals surface area contributed by atoms with Crippen LogP contribution in [-0.2, 0) is 0 Å². The molecule has 0 radical (unpaired) electrons. The van der Waals surface area contributed by atoms with Gasteiger partial charge in [-0.1, -0.05) is 6.07 Å². The van der Waals surface area contributed by atoms with E-state index in [2.05, 4.69) is 15.5 Å². The first-order valence-electron chi connectivity index (χ1n) is 7.61. The average Bonchev–Trinajstić information content (AvgIpc) is 2.55. The summed E-state index contributed by atoms with van der Waals surface area (Å²) in [5.74, 6) is 0.644. The van der Waals surface area contributed by atoms with Crippen molar-refractivity contribution in [1.29, 1.82) is 0 Å². The first kappa shape index (κ1) is 16.5. The summed E-state index contributed by atoms with van der Waals surface area (Å²) in [6.45, 7) is 4.61. The highest BCUT2D eigenvalue weighted by Gasteiger charge is 2.22. The number of nitrogens with one attached hydrogen (secondary N) is 2. The monoisotopic (exact) mass is 321 g/mol. The second-order valence-electron chi connectivity index (χ2n) is 5.30. The van der Waals surface area contributed by atoms with Crippen LogP contribution in [0.15, 0.2) is 24.3 Å². The molecule has 1 fully saturated rings. The summed E-state index contributed by atoms with van der Waals surface area (Å²) in [7, 11) is 1.60. The van der Waals surface area contributed by atoms with Gasteiger partial charge in [0.25, 0.3) is 5.91 Å². The van der Waals surface area contributed by atoms with Crippen molar-refractivity contribution < 1.29 is 9.53 Å². The number of hydrogen-bond donors (Lipinski definition) is 2. The van der Waals surface area contributed by atoms with Crippen LogP contribution in [0.5, 0.6) is 5.75 Å². The number of nitrogens with zero attached hydrogens (tertiary/aromatic N) is 1. The van der Waals surface area contributed by atoms with Gasteiger partial charge >= 0.3 is 0 Å².